The second-order valence-corrected chi connectivity index (χ2v) is 4.90. The first-order valence-electron chi connectivity index (χ1n) is 6.14. The minimum atomic E-state index is -2.65. The largest absolute Gasteiger partial charge is 0.480 e. The molecule has 0 saturated heterocycles. The fourth-order valence-corrected chi connectivity index (χ4v) is 2.33. The normalized spacial score (nSPS) is 16.9. The number of ether oxygens (including phenoxy) is 1. The van der Waals surface area contributed by atoms with Crippen LogP contribution in [0, 0.1) is 0 Å². The number of rotatable bonds is 5. The van der Waals surface area contributed by atoms with Crippen LogP contribution in [-0.4, -0.2) is 48.1 Å². The molecule has 7 heteroatoms. The smallest absolute Gasteiger partial charge is 0.264 e. The average molecular weight is 306 g/mol. The molecule has 20 heavy (non-hydrogen) atoms. The molecule has 1 aromatic carbocycles. The maximum absolute atomic E-state index is 12.4. The van der Waals surface area contributed by atoms with Gasteiger partial charge in [-0.05, 0) is 23.8 Å². The summed E-state index contributed by atoms with van der Waals surface area (Å²) < 4.78 is 30.3. The number of hydrogen-bond donors (Lipinski definition) is 1. The van der Waals surface area contributed by atoms with Gasteiger partial charge in [0.05, 0.1) is 13.2 Å². The van der Waals surface area contributed by atoms with E-state index in [-0.39, 0.29) is 13.2 Å². The molecule has 1 N–H and O–H groups in total. The molecule has 1 heterocycles. The number of nitrogens with zero attached hydrogens (tertiary/aromatic N) is 1. The fourth-order valence-electron chi connectivity index (χ4n) is 2.14. The number of carbonyl (C=O) groups is 1. The monoisotopic (exact) mass is 305 g/mol. The van der Waals surface area contributed by atoms with Crippen LogP contribution < -0.4 is 4.74 Å². The number of halogens is 3. The molecule has 0 spiro atoms. The van der Waals surface area contributed by atoms with Crippen LogP contribution in [0.15, 0.2) is 18.2 Å². The third kappa shape index (κ3) is 3.37. The zero-order chi connectivity index (χ0) is 14.7. The van der Waals surface area contributed by atoms with Crippen LogP contribution in [0.2, 0.25) is 5.02 Å². The van der Waals surface area contributed by atoms with Gasteiger partial charge in [-0.1, -0.05) is 11.6 Å². The Hall–Kier alpha value is -1.40. The van der Waals surface area contributed by atoms with E-state index >= 15 is 0 Å². The van der Waals surface area contributed by atoms with Crippen LogP contribution in [0.4, 0.5) is 8.78 Å². The predicted octanol–water partition coefficient (Wildman–Crippen LogP) is 1.73. The van der Waals surface area contributed by atoms with Gasteiger partial charge in [0, 0.05) is 18.0 Å². The van der Waals surface area contributed by atoms with Crippen LogP contribution >= 0.6 is 11.6 Å². The van der Waals surface area contributed by atoms with Gasteiger partial charge in [-0.15, -0.1) is 0 Å². The highest BCUT2D eigenvalue weighted by Gasteiger charge is 2.33. The average Bonchev–Trinajstić information content (AvgIpc) is 2.79. The van der Waals surface area contributed by atoms with E-state index in [0.29, 0.717) is 17.2 Å². The van der Waals surface area contributed by atoms with Gasteiger partial charge in [0.25, 0.3) is 12.3 Å². The van der Waals surface area contributed by atoms with Crippen molar-refractivity contribution in [2.24, 2.45) is 0 Å². The Morgan fingerprint density at radius 1 is 1.55 bits per heavy atom. The van der Waals surface area contributed by atoms with Gasteiger partial charge < -0.3 is 14.7 Å². The van der Waals surface area contributed by atoms with Gasteiger partial charge in [0.2, 0.25) is 0 Å². The Labute approximate surface area is 119 Å². The summed E-state index contributed by atoms with van der Waals surface area (Å²) in [6, 6.07) is 4.97. The summed E-state index contributed by atoms with van der Waals surface area (Å²) in [6.07, 6.45) is -3.20. The van der Waals surface area contributed by atoms with Crippen molar-refractivity contribution >= 4 is 17.5 Å². The fraction of sp³-hybridized carbons (Fsp3) is 0.462. The highest BCUT2D eigenvalue weighted by atomic mass is 35.5. The van der Waals surface area contributed by atoms with E-state index < -0.39 is 25.0 Å². The topological polar surface area (TPSA) is 49.8 Å². The second-order valence-electron chi connectivity index (χ2n) is 4.46. The third-order valence-corrected chi connectivity index (χ3v) is 3.25. The third-order valence-electron chi connectivity index (χ3n) is 3.01. The highest BCUT2D eigenvalue weighted by molar-refractivity contribution is 6.30. The second kappa shape index (κ2) is 6.37. The van der Waals surface area contributed by atoms with E-state index in [0.717, 1.165) is 10.5 Å². The maximum Gasteiger partial charge on any atom is 0.264 e. The molecular formula is C13H14ClF2NO3. The molecule has 0 saturated carbocycles. The Kier molecular flexibility index (Phi) is 4.77. The molecule has 1 unspecified atom stereocenters. The van der Waals surface area contributed by atoms with Crippen molar-refractivity contribution in [3.8, 4) is 5.75 Å². The zero-order valence-corrected chi connectivity index (χ0v) is 11.3. The van der Waals surface area contributed by atoms with E-state index in [1.807, 2.05) is 0 Å². The first-order chi connectivity index (χ1) is 9.51. The highest BCUT2D eigenvalue weighted by Crippen LogP contribution is 2.31. The molecule has 110 valence electrons. The standard InChI is InChI=1S/C13H14ClF2NO3/c14-9-1-2-10-8(5-9)6-11(20-10)13(19)17(3-4-18)7-12(15)16/h1-2,5,11-12,18H,3-4,6-7H2. The number of aliphatic hydroxyl groups excluding tert-OH is 1. The van der Waals surface area contributed by atoms with E-state index in [9.17, 15) is 13.6 Å². The van der Waals surface area contributed by atoms with Crippen LogP contribution in [-0.2, 0) is 11.2 Å². The number of aliphatic hydroxyl groups is 1. The summed E-state index contributed by atoms with van der Waals surface area (Å²) in [6.45, 7) is -1.22. The number of alkyl halides is 2. The molecule has 4 nitrogen and oxygen atoms in total. The summed E-state index contributed by atoms with van der Waals surface area (Å²) >= 11 is 5.85. The Bertz CT molecular complexity index is 499. The van der Waals surface area contributed by atoms with Gasteiger partial charge >= 0.3 is 0 Å². The van der Waals surface area contributed by atoms with Gasteiger partial charge in [-0.25, -0.2) is 8.78 Å². The molecule has 1 atom stereocenters. The Balaban J connectivity index is 2.07. The number of benzene rings is 1. The van der Waals surface area contributed by atoms with Crippen molar-refractivity contribution in [3.63, 3.8) is 0 Å². The lowest BCUT2D eigenvalue weighted by atomic mass is 10.1. The van der Waals surface area contributed by atoms with Crippen molar-refractivity contribution in [2.75, 3.05) is 19.7 Å². The maximum atomic E-state index is 12.4. The van der Waals surface area contributed by atoms with Gasteiger partial charge in [-0.2, -0.15) is 0 Å². The summed E-state index contributed by atoms with van der Waals surface area (Å²) in [5.74, 6) is -0.0135. The minimum Gasteiger partial charge on any atom is -0.480 e. The lowest BCUT2D eigenvalue weighted by Gasteiger charge is -2.24. The van der Waals surface area contributed by atoms with E-state index in [1.165, 1.54) is 0 Å². The number of fused-ring (bicyclic) bond motifs is 1. The molecule has 1 aliphatic rings. The first-order valence-corrected chi connectivity index (χ1v) is 6.52. The minimum absolute atomic E-state index is 0.139. The van der Waals surface area contributed by atoms with Gasteiger partial charge in [0.1, 0.15) is 5.75 Å². The summed E-state index contributed by atoms with van der Waals surface area (Å²) in [5, 5.41) is 9.38. The molecule has 1 amide bonds. The first kappa shape index (κ1) is 15.0. The Morgan fingerprint density at radius 2 is 2.30 bits per heavy atom. The Morgan fingerprint density at radius 3 is 2.95 bits per heavy atom. The molecule has 1 aliphatic heterocycles. The van der Waals surface area contributed by atoms with Crippen molar-refractivity contribution in [1.82, 2.24) is 4.90 Å². The van der Waals surface area contributed by atoms with E-state index in [4.69, 9.17) is 21.4 Å². The zero-order valence-electron chi connectivity index (χ0n) is 10.6. The lowest BCUT2D eigenvalue weighted by molar-refractivity contribution is -0.140. The molecule has 0 aromatic heterocycles. The number of carbonyl (C=O) groups excluding carboxylic acids is 1. The number of hydrogen-bond acceptors (Lipinski definition) is 3. The van der Waals surface area contributed by atoms with Crippen LogP contribution in [0.1, 0.15) is 5.56 Å². The number of amides is 1. The molecule has 0 fully saturated rings. The van der Waals surface area contributed by atoms with Gasteiger partial charge in [-0.3, -0.25) is 4.79 Å². The predicted molar refractivity (Wildman–Crippen MR) is 69.2 cm³/mol. The molecule has 0 aliphatic carbocycles. The molecule has 0 bridgehead atoms. The van der Waals surface area contributed by atoms with Crippen molar-refractivity contribution in [2.45, 2.75) is 19.0 Å². The van der Waals surface area contributed by atoms with Crippen molar-refractivity contribution in [1.29, 1.82) is 0 Å². The van der Waals surface area contributed by atoms with Crippen LogP contribution in [0.3, 0.4) is 0 Å². The molecular weight excluding hydrogens is 292 g/mol. The van der Waals surface area contributed by atoms with E-state index in [2.05, 4.69) is 0 Å². The van der Waals surface area contributed by atoms with E-state index in [1.54, 1.807) is 18.2 Å². The van der Waals surface area contributed by atoms with Crippen LogP contribution in [0.25, 0.3) is 0 Å². The molecule has 2 rings (SSSR count). The SMILES string of the molecule is O=C(C1Cc2cc(Cl)ccc2O1)N(CCO)CC(F)F. The lowest BCUT2D eigenvalue weighted by Crippen LogP contribution is -2.44. The quantitative estimate of drug-likeness (QED) is 0.901. The van der Waals surface area contributed by atoms with Gasteiger partial charge in [0.15, 0.2) is 6.10 Å². The summed E-state index contributed by atoms with van der Waals surface area (Å²) in [4.78, 5) is 13.1. The summed E-state index contributed by atoms with van der Waals surface area (Å²) in [5.41, 5.74) is 0.775. The summed E-state index contributed by atoms with van der Waals surface area (Å²) in [7, 11) is 0. The van der Waals surface area contributed by atoms with Crippen molar-refractivity contribution in [3.05, 3.63) is 28.8 Å². The van der Waals surface area contributed by atoms with Crippen LogP contribution in [0.5, 0.6) is 5.75 Å². The molecule has 1 aromatic rings. The van der Waals surface area contributed by atoms with Crippen molar-refractivity contribution < 1.29 is 23.4 Å². The molecule has 0 radical (unpaired) electrons.